The number of rotatable bonds is 2. The molecule has 0 aromatic heterocycles. The number of fused-ring (bicyclic) bond motifs is 1. The van der Waals surface area contributed by atoms with Crippen LogP contribution >= 0.6 is 7.37 Å². The molecule has 74 valence electrons. The molecule has 0 N–H and O–H groups in total. The summed E-state index contributed by atoms with van der Waals surface area (Å²) in [6.07, 6.45) is 0.0280. The number of hydrogen-bond donors (Lipinski definition) is 0. The lowest BCUT2D eigenvalue weighted by molar-refractivity contribution is 0.102. The molecule has 1 aliphatic heterocycles. The molecule has 1 aromatic carbocycles. The normalized spacial score (nSPS) is 25.1. The first-order chi connectivity index (χ1) is 6.67. The first kappa shape index (κ1) is 9.63. The lowest BCUT2D eigenvalue weighted by atomic mass is 10.2. The van der Waals surface area contributed by atoms with Crippen LogP contribution in [0, 0.1) is 0 Å². The molecular formula is C10H11O3P. The highest BCUT2D eigenvalue weighted by atomic mass is 31.2. The van der Waals surface area contributed by atoms with Crippen molar-refractivity contribution >= 4 is 18.5 Å². The smallest absolute Gasteiger partial charge is 0.240 e. The number of Topliss-reactive ketones (excluding diaryl/α,β-unsaturated/α-hetero) is 1. The van der Waals surface area contributed by atoms with Gasteiger partial charge in [0.25, 0.3) is 0 Å². The summed E-state index contributed by atoms with van der Waals surface area (Å²) in [4.78, 5) is 11.5. The molecule has 1 aromatic rings. The molecule has 0 fully saturated rings. The van der Waals surface area contributed by atoms with Gasteiger partial charge in [-0.2, -0.15) is 0 Å². The van der Waals surface area contributed by atoms with Gasteiger partial charge in [0.1, 0.15) is 0 Å². The molecule has 1 aliphatic rings. The molecule has 0 saturated heterocycles. The zero-order valence-electron chi connectivity index (χ0n) is 7.90. The molecular weight excluding hydrogens is 199 g/mol. The van der Waals surface area contributed by atoms with E-state index in [2.05, 4.69) is 0 Å². The van der Waals surface area contributed by atoms with E-state index in [0.29, 0.717) is 17.5 Å². The Hall–Kier alpha value is -0.920. The Labute approximate surface area is 82.5 Å². The first-order valence-corrected chi connectivity index (χ1v) is 6.35. The summed E-state index contributed by atoms with van der Waals surface area (Å²) in [6.45, 7) is 2.16. The van der Waals surface area contributed by atoms with Gasteiger partial charge in [-0.3, -0.25) is 9.36 Å². The minimum absolute atomic E-state index is 0.0280. The van der Waals surface area contributed by atoms with Gasteiger partial charge in [-0.05, 0) is 13.0 Å². The second-order valence-electron chi connectivity index (χ2n) is 3.19. The third kappa shape index (κ3) is 1.33. The lowest BCUT2D eigenvalue weighted by Crippen LogP contribution is -2.05. The number of carbonyl (C=O) groups is 1. The van der Waals surface area contributed by atoms with Gasteiger partial charge in [0, 0.05) is 10.9 Å². The van der Waals surface area contributed by atoms with Crippen LogP contribution in [-0.4, -0.2) is 18.6 Å². The maximum absolute atomic E-state index is 12.2. The van der Waals surface area contributed by atoms with E-state index in [4.69, 9.17) is 4.52 Å². The monoisotopic (exact) mass is 210 g/mol. The summed E-state index contributed by atoms with van der Waals surface area (Å²) in [6, 6.07) is 6.98. The SMILES string of the molecule is CCOP1(=O)CC(=O)c2ccccc21. The van der Waals surface area contributed by atoms with Crippen LogP contribution in [0.1, 0.15) is 17.3 Å². The maximum atomic E-state index is 12.2. The van der Waals surface area contributed by atoms with E-state index >= 15 is 0 Å². The molecule has 0 aliphatic carbocycles. The van der Waals surface area contributed by atoms with Crippen LogP contribution in [0.3, 0.4) is 0 Å². The van der Waals surface area contributed by atoms with E-state index in [-0.39, 0.29) is 11.9 Å². The van der Waals surface area contributed by atoms with Crippen molar-refractivity contribution in [1.82, 2.24) is 0 Å². The van der Waals surface area contributed by atoms with Crippen molar-refractivity contribution in [3.8, 4) is 0 Å². The Morgan fingerprint density at radius 3 is 2.86 bits per heavy atom. The van der Waals surface area contributed by atoms with Crippen LogP contribution in [-0.2, 0) is 9.09 Å². The van der Waals surface area contributed by atoms with Gasteiger partial charge in [0.2, 0.25) is 7.37 Å². The Morgan fingerprint density at radius 2 is 2.14 bits per heavy atom. The zero-order chi connectivity index (χ0) is 10.2. The van der Waals surface area contributed by atoms with Gasteiger partial charge >= 0.3 is 0 Å². The van der Waals surface area contributed by atoms with Crippen molar-refractivity contribution in [2.75, 3.05) is 12.8 Å². The third-order valence-corrected chi connectivity index (χ3v) is 4.76. The Morgan fingerprint density at radius 1 is 1.43 bits per heavy atom. The number of benzene rings is 1. The summed E-state index contributed by atoms with van der Waals surface area (Å²) in [5.41, 5.74) is 0.560. The van der Waals surface area contributed by atoms with Gasteiger partial charge in [-0.25, -0.2) is 0 Å². The Bertz CT molecular complexity index is 425. The van der Waals surface area contributed by atoms with Gasteiger partial charge in [0.05, 0.1) is 12.8 Å². The molecule has 3 nitrogen and oxygen atoms in total. The molecule has 1 atom stereocenters. The second-order valence-corrected chi connectivity index (χ2v) is 5.59. The number of ketones is 1. The summed E-state index contributed by atoms with van der Waals surface area (Å²) in [5.74, 6) is -0.0719. The van der Waals surface area contributed by atoms with Crippen molar-refractivity contribution < 1.29 is 13.9 Å². The fourth-order valence-corrected chi connectivity index (χ4v) is 3.94. The summed E-state index contributed by atoms with van der Waals surface area (Å²) >= 11 is 0. The van der Waals surface area contributed by atoms with Crippen LogP contribution in [0.2, 0.25) is 0 Å². The quantitative estimate of drug-likeness (QED) is 0.699. The van der Waals surface area contributed by atoms with Crippen molar-refractivity contribution in [1.29, 1.82) is 0 Å². The minimum Gasteiger partial charge on any atom is -0.325 e. The van der Waals surface area contributed by atoms with Crippen molar-refractivity contribution in [2.24, 2.45) is 0 Å². The topological polar surface area (TPSA) is 43.4 Å². The second kappa shape index (κ2) is 3.34. The largest absolute Gasteiger partial charge is 0.325 e. The fraction of sp³-hybridized carbons (Fsp3) is 0.300. The van der Waals surface area contributed by atoms with Crippen LogP contribution in [0.5, 0.6) is 0 Å². The molecule has 1 heterocycles. The predicted molar refractivity (Wildman–Crippen MR) is 54.5 cm³/mol. The summed E-state index contributed by atoms with van der Waals surface area (Å²) < 4.78 is 17.4. The fourth-order valence-electron chi connectivity index (χ4n) is 1.69. The molecule has 0 spiro atoms. The van der Waals surface area contributed by atoms with Crippen LogP contribution in [0.15, 0.2) is 24.3 Å². The van der Waals surface area contributed by atoms with Gasteiger partial charge < -0.3 is 4.52 Å². The molecule has 2 rings (SSSR count). The van der Waals surface area contributed by atoms with Gasteiger partial charge in [-0.1, -0.05) is 18.2 Å². The van der Waals surface area contributed by atoms with Crippen molar-refractivity contribution in [3.63, 3.8) is 0 Å². The highest BCUT2D eigenvalue weighted by molar-refractivity contribution is 7.69. The standard InChI is InChI=1S/C10H11O3P/c1-2-13-14(12)7-9(11)8-5-3-4-6-10(8)14/h3-6H,2,7H2,1H3. The van der Waals surface area contributed by atoms with Crippen molar-refractivity contribution in [2.45, 2.75) is 6.92 Å². The zero-order valence-corrected chi connectivity index (χ0v) is 8.79. The maximum Gasteiger partial charge on any atom is 0.240 e. The average Bonchev–Trinajstić information content (AvgIpc) is 2.41. The van der Waals surface area contributed by atoms with E-state index in [1.807, 2.05) is 0 Å². The van der Waals surface area contributed by atoms with Crippen LogP contribution < -0.4 is 5.30 Å². The summed E-state index contributed by atoms with van der Waals surface area (Å²) in [5, 5.41) is 0.590. The number of hydrogen-bond acceptors (Lipinski definition) is 3. The molecule has 1 unspecified atom stereocenters. The molecule has 0 bridgehead atoms. The third-order valence-electron chi connectivity index (χ3n) is 2.26. The van der Waals surface area contributed by atoms with Gasteiger partial charge in [0.15, 0.2) is 5.78 Å². The lowest BCUT2D eigenvalue weighted by Gasteiger charge is -2.10. The van der Waals surface area contributed by atoms with E-state index < -0.39 is 7.37 Å². The van der Waals surface area contributed by atoms with E-state index in [1.54, 1.807) is 31.2 Å². The molecule has 14 heavy (non-hydrogen) atoms. The molecule has 0 amide bonds. The Kier molecular flexibility index (Phi) is 2.30. The average molecular weight is 210 g/mol. The van der Waals surface area contributed by atoms with Crippen molar-refractivity contribution in [3.05, 3.63) is 29.8 Å². The molecule has 0 radical (unpaired) electrons. The van der Waals surface area contributed by atoms with Gasteiger partial charge in [-0.15, -0.1) is 0 Å². The van der Waals surface area contributed by atoms with Crippen LogP contribution in [0.25, 0.3) is 0 Å². The summed E-state index contributed by atoms with van der Waals surface area (Å²) in [7, 11) is -2.87. The molecule has 0 saturated carbocycles. The Balaban J connectivity index is 2.54. The van der Waals surface area contributed by atoms with Crippen LogP contribution in [0.4, 0.5) is 0 Å². The first-order valence-electron chi connectivity index (χ1n) is 4.54. The van der Waals surface area contributed by atoms with E-state index in [0.717, 1.165) is 0 Å². The highest BCUT2D eigenvalue weighted by Gasteiger charge is 2.39. The highest BCUT2D eigenvalue weighted by Crippen LogP contribution is 2.50. The number of carbonyl (C=O) groups excluding carboxylic acids is 1. The van der Waals surface area contributed by atoms with E-state index in [1.165, 1.54) is 0 Å². The van der Waals surface area contributed by atoms with E-state index in [9.17, 15) is 9.36 Å². The molecule has 4 heteroatoms. The minimum atomic E-state index is -2.87. The predicted octanol–water partition coefficient (Wildman–Crippen LogP) is 1.82.